The topological polar surface area (TPSA) is 61.8 Å². The third-order valence-electron chi connectivity index (χ3n) is 4.32. The number of hydrogen-bond acceptors (Lipinski definition) is 6. The summed E-state index contributed by atoms with van der Waals surface area (Å²) < 4.78 is 5.44. The van der Waals surface area contributed by atoms with Gasteiger partial charge in [-0.05, 0) is 27.8 Å². The fourth-order valence-electron chi connectivity index (χ4n) is 3.01. The minimum atomic E-state index is -0.454. The SMILES string of the molecule is CN1CCc2ncc(N3CCN(C(=O)OC(C)(C)C)CC3)nc2C1. The quantitative estimate of drug-likeness (QED) is 0.776. The van der Waals surface area contributed by atoms with Crippen LogP contribution in [0.4, 0.5) is 10.6 Å². The van der Waals surface area contributed by atoms with Crippen molar-refractivity contribution in [2.45, 2.75) is 39.3 Å². The van der Waals surface area contributed by atoms with E-state index in [1.165, 1.54) is 0 Å². The third kappa shape index (κ3) is 3.95. The number of nitrogens with zero attached hydrogens (tertiary/aromatic N) is 5. The van der Waals surface area contributed by atoms with E-state index in [0.717, 1.165) is 49.8 Å². The van der Waals surface area contributed by atoms with Crippen LogP contribution >= 0.6 is 0 Å². The standard InChI is InChI=1S/C17H27N5O2/c1-17(2,3)24-16(23)22-9-7-21(8-10-22)15-11-18-13-5-6-20(4)12-14(13)19-15/h11H,5-10,12H2,1-4H3. The number of amides is 1. The maximum Gasteiger partial charge on any atom is 0.410 e. The molecule has 3 rings (SSSR count). The van der Waals surface area contributed by atoms with E-state index in [0.29, 0.717) is 13.1 Å². The summed E-state index contributed by atoms with van der Waals surface area (Å²) in [5.74, 6) is 0.910. The number of carbonyl (C=O) groups excluding carboxylic acids is 1. The first kappa shape index (κ1) is 17.0. The van der Waals surface area contributed by atoms with Crippen LogP contribution in [0.25, 0.3) is 0 Å². The van der Waals surface area contributed by atoms with Gasteiger partial charge in [-0.2, -0.15) is 0 Å². The molecule has 0 aromatic carbocycles. The van der Waals surface area contributed by atoms with E-state index in [-0.39, 0.29) is 6.09 Å². The summed E-state index contributed by atoms with van der Waals surface area (Å²) in [4.78, 5) is 27.8. The van der Waals surface area contributed by atoms with Crippen LogP contribution in [0.3, 0.4) is 0 Å². The molecule has 0 atom stereocenters. The number of ether oxygens (including phenoxy) is 1. The second kappa shape index (κ2) is 6.55. The average molecular weight is 333 g/mol. The number of fused-ring (bicyclic) bond motifs is 1. The minimum Gasteiger partial charge on any atom is -0.444 e. The lowest BCUT2D eigenvalue weighted by Crippen LogP contribution is -2.50. The fraction of sp³-hybridized carbons (Fsp3) is 0.706. The van der Waals surface area contributed by atoms with Crippen molar-refractivity contribution in [3.63, 3.8) is 0 Å². The van der Waals surface area contributed by atoms with Crippen molar-refractivity contribution < 1.29 is 9.53 Å². The van der Waals surface area contributed by atoms with Crippen LogP contribution in [-0.4, -0.2) is 71.2 Å². The van der Waals surface area contributed by atoms with E-state index < -0.39 is 5.60 Å². The van der Waals surface area contributed by atoms with Crippen molar-refractivity contribution >= 4 is 11.9 Å². The third-order valence-corrected chi connectivity index (χ3v) is 4.32. The average Bonchev–Trinajstić information content (AvgIpc) is 2.52. The number of piperazine rings is 1. The summed E-state index contributed by atoms with van der Waals surface area (Å²) in [7, 11) is 2.11. The number of aromatic nitrogens is 2. The Kier molecular flexibility index (Phi) is 4.62. The molecule has 0 N–H and O–H groups in total. The molecule has 7 heteroatoms. The smallest absolute Gasteiger partial charge is 0.410 e. The molecule has 1 aromatic rings. The Balaban J connectivity index is 1.61. The van der Waals surface area contributed by atoms with Gasteiger partial charge in [0.2, 0.25) is 0 Å². The van der Waals surface area contributed by atoms with Crippen LogP contribution in [0.15, 0.2) is 6.20 Å². The van der Waals surface area contributed by atoms with E-state index >= 15 is 0 Å². The molecule has 3 heterocycles. The van der Waals surface area contributed by atoms with Gasteiger partial charge >= 0.3 is 6.09 Å². The zero-order valence-electron chi connectivity index (χ0n) is 15.1. The molecule has 2 aliphatic rings. The fourth-order valence-corrected chi connectivity index (χ4v) is 3.01. The van der Waals surface area contributed by atoms with E-state index in [9.17, 15) is 4.79 Å². The molecule has 132 valence electrons. The molecule has 2 aliphatic heterocycles. The van der Waals surface area contributed by atoms with Gasteiger partial charge in [-0.3, -0.25) is 4.98 Å². The van der Waals surface area contributed by atoms with E-state index in [1.807, 2.05) is 27.0 Å². The second-order valence-electron chi connectivity index (χ2n) is 7.56. The second-order valence-corrected chi connectivity index (χ2v) is 7.56. The molecule has 0 aliphatic carbocycles. The first-order valence-electron chi connectivity index (χ1n) is 8.58. The predicted octanol–water partition coefficient (Wildman–Crippen LogP) is 1.52. The number of hydrogen-bond donors (Lipinski definition) is 0. The molecular weight excluding hydrogens is 306 g/mol. The van der Waals surface area contributed by atoms with Crippen molar-refractivity contribution in [2.75, 3.05) is 44.7 Å². The molecule has 7 nitrogen and oxygen atoms in total. The summed E-state index contributed by atoms with van der Waals surface area (Å²) in [6, 6.07) is 0. The lowest BCUT2D eigenvalue weighted by molar-refractivity contribution is 0.0240. The van der Waals surface area contributed by atoms with Crippen molar-refractivity contribution in [1.82, 2.24) is 19.8 Å². The van der Waals surface area contributed by atoms with Gasteiger partial charge in [0, 0.05) is 45.7 Å². The van der Waals surface area contributed by atoms with Crippen LogP contribution in [0.2, 0.25) is 0 Å². The first-order chi connectivity index (χ1) is 11.3. The molecular formula is C17H27N5O2. The van der Waals surface area contributed by atoms with Crippen LogP contribution in [0.5, 0.6) is 0 Å². The summed E-state index contributed by atoms with van der Waals surface area (Å²) in [5, 5.41) is 0. The Morgan fingerprint density at radius 1 is 1.12 bits per heavy atom. The lowest BCUT2D eigenvalue weighted by atomic mass is 10.1. The highest BCUT2D eigenvalue weighted by Gasteiger charge is 2.27. The Labute approximate surface area is 143 Å². The number of likely N-dealkylation sites (N-methyl/N-ethyl adjacent to an activating group) is 1. The predicted molar refractivity (Wildman–Crippen MR) is 92.1 cm³/mol. The van der Waals surface area contributed by atoms with Crippen LogP contribution in [0.1, 0.15) is 32.2 Å². The van der Waals surface area contributed by atoms with Crippen LogP contribution in [-0.2, 0) is 17.7 Å². The van der Waals surface area contributed by atoms with E-state index in [1.54, 1.807) is 4.90 Å². The summed E-state index contributed by atoms with van der Waals surface area (Å²) in [6.07, 6.45) is 2.60. The van der Waals surface area contributed by atoms with E-state index in [4.69, 9.17) is 9.72 Å². The molecule has 24 heavy (non-hydrogen) atoms. The van der Waals surface area contributed by atoms with Crippen molar-refractivity contribution in [2.24, 2.45) is 0 Å². The summed E-state index contributed by atoms with van der Waals surface area (Å²) >= 11 is 0. The number of rotatable bonds is 1. The molecule has 0 saturated carbocycles. The highest BCUT2D eigenvalue weighted by atomic mass is 16.6. The molecule has 1 amide bonds. The maximum absolute atomic E-state index is 12.1. The van der Waals surface area contributed by atoms with Crippen molar-refractivity contribution in [3.05, 3.63) is 17.6 Å². The highest BCUT2D eigenvalue weighted by molar-refractivity contribution is 5.68. The molecule has 1 saturated heterocycles. The van der Waals surface area contributed by atoms with Crippen LogP contribution < -0.4 is 4.90 Å². The molecule has 0 spiro atoms. The normalized spacial score (nSPS) is 19.2. The number of carbonyl (C=O) groups is 1. The molecule has 1 fully saturated rings. The summed E-state index contributed by atoms with van der Waals surface area (Å²) in [5.41, 5.74) is 1.74. The highest BCUT2D eigenvalue weighted by Crippen LogP contribution is 2.20. The zero-order valence-corrected chi connectivity index (χ0v) is 15.1. The van der Waals surface area contributed by atoms with Gasteiger partial charge in [0.25, 0.3) is 0 Å². The maximum atomic E-state index is 12.1. The van der Waals surface area contributed by atoms with Gasteiger partial charge in [-0.1, -0.05) is 0 Å². The van der Waals surface area contributed by atoms with E-state index in [2.05, 4.69) is 21.8 Å². The van der Waals surface area contributed by atoms with Crippen LogP contribution in [0, 0.1) is 0 Å². The largest absolute Gasteiger partial charge is 0.444 e. The Hall–Kier alpha value is -1.89. The zero-order chi connectivity index (χ0) is 17.3. The van der Waals surface area contributed by atoms with Crippen molar-refractivity contribution in [1.29, 1.82) is 0 Å². The van der Waals surface area contributed by atoms with Gasteiger partial charge < -0.3 is 19.4 Å². The Morgan fingerprint density at radius 2 is 1.83 bits per heavy atom. The molecule has 0 bridgehead atoms. The minimum absolute atomic E-state index is 0.236. The van der Waals surface area contributed by atoms with Gasteiger partial charge in [0.05, 0.1) is 17.6 Å². The molecule has 0 radical (unpaired) electrons. The monoisotopic (exact) mass is 333 g/mol. The first-order valence-corrected chi connectivity index (χ1v) is 8.58. The Bertz CT molecular complexity index is 605. The number of anilines is 1. The van der Waals surface area contributed by atoms with Gasteiger partial charge in [0.15, 0.2) is 0 Å². The van der Waals surface area contributed by atoms with Gasteiger partial charge in [0.1, 0.15) is 11.4 Å². The van der Waals surface area contributed by atoms with Gasteiger partial charge in [-0.25, -0.2) is 9.78 Å². The van der Waals surface area contributed by atoms with Crippen molar-refractivity contribution in [3.8, 4) is 0 Å². The van der Waals surface area contributed by atoms with Gasteiger partial charge in [-0.15, -0.1) is 0 Å². The Morgan fingerprint density at radius 3 is 2.50 bits per heavy atom. The lowest BCUT2D eigenvalue weighted by Gasteiger charge is -2.36. The summed E-state index contributed by atoms with van der Waals surface area (Å²) in [6.45, 7) is 10.4. The molecule has 1 aromatic heterocycles. The molecule has 0 unspecified atom stereocenters.